The Balaban J connectivity index is 1.22. The maximum absolute atomic E-state index is 12.6. The molecular weight excluding hydrogens is 452 g/mol. The van der Waals surface area contributed by atoms with E-state index < -0.39 is 9.84 Å². The first-order valence-corrected chi connectivity index (χ1v) is 12.9. The van der Waals surface area contributed by atoms with E-state index in [-0.39, 0.29) is 35.3 Å². The molecule has 0 aliphatic carbocycles. The van der Waals surface area contributed by atoms with Crippen LogP contribution in [0.15, 0.2) is 71.6 Å². The van der Waals surface area contributed by atoms with Gasteiger partial charge in [0, 0.05) is 23.8 Å². The summed E-state index contributed by atoms with van der Waals surface area (Å²) in [5.41, 5.74) is 4.26. The lowest BCUT2D eigenvalue weighted by Gasteiger charge is -2.15. The highest BCUT2D eigenvalue weighted by Gasteiger charge is 2.30. The van der Waals surface area contributed by atoms with Gasteiger partial charge in [0.1, 0.15) is 11.9 Å². The number of carbonyl (C=O) groups is 2. The molecular formula is C26H24N2O5S. The Kier molecular flexibility index (Phi) is 5.61. The van der Waals surface area contributed by atoms with Gasteiger partial charge < -0.3 is 15.4 Å². The molecule has 2 aliphatic rings. The highest BCUT2D eigenvalue weighted by Crippen LogP contribution is 2.39. The normalized spacial score (nSPS) is 18.6. The number of nitrogens with one attached hydrogen (secondary N) is 2. The van der Waals surface area contributed by atoms with Crippen molar-refractivity contribution in [3.05, 3.63) is 83.4 Å². The summed E-state index contributed by atoms with van der Waals surface area (Å²) in [7, 11) is -3.26. The SMILES string of the molecule is CS(=O)(=O)c1ccc(-c2cccc3c2O[C@@H](CNC(=O)C[C@H]2NC(=O)c4ccccc42)C3)cc1. The minimum absolute atomic E-state index is 0.153. The molecule has 0 radical (unpaired) electrons. The summed E-state index contributed by atoms with van der Waals surface area (Å²) in [6.07, 6.45) is 1.80. The van der Waals surface area contributed by atoms with Crippen LogP contribution in [0.4, 0.5) is 0 Å². The van der Waals surface area contributed by atoms with Crippen molar-refractivity contribution in [2.24, 2.45) is 0 Å². The number of ether oxygens (including phenoxy) is 1. The lowest BCUT2D eigenvalue weighted by atomic mass is 10.0. The Morgan fingerprint density at radius 1 is 1.03 bits per heavy atom. The smallest absolute Gasteiger partial charge is 0.252 e. The topological polar surface area (TPSA) is 102 Å². The van der Waals surface area contributed by atoms with Crippen molar-refractivity contribution in [3.63, 3.8) is 0 Å². The summed E-state index contributed by atoms with van der Waals surface area (Å²) in [4.78, 5) is 24.9. The fourth-order valence-corrected chi connectivity index (χ4v) is 5.16. The molecule has 3 aromatic rings. The first-order valence-electron chi connectivity index (χ1n) is 11.0. The number of hydrogen-bond acceptors (Lipinski definition) is 5. The van der Waals surface area contributed by atoms with Crippen LogP contribution in [0.5, 0.6) is 5.75 Å². The van der Waals surface area contributed by atoms with Gasteiger partial charge in [-0.25, -0.2) is 8.42 Å². The van der Waals surface area contributed by atoms with Gasteiger partial charge in [0.2, 0.25) is 5.91 Å². The van der Waals surface area contributed by atoms with Gasteiger partial charge in [0.25, 0.3) is 5.91 Å². The van der Waals surface area contributed by atoms with Crippen molar-refractivity contribution in [2.45, 2.75) is 29.9 Å². The summed E-state index contributed by atoms with van der Waals surface area (Å²) in [6, 6.07) is 19.6. The Morgan fingerprint density at radius 3 is 2.53 bits per heavy atom. The molecule has 0 spiro atoms. The average Bonchev–Trinajstić information content (AvgIpc) is 3.38. The van der Waals surface area contributed by atoms with Crippen LogP contribution in [0, 0.1) is 0 Å². The fraction of sp³-hybridized carbons (Fsp3) is 0.231. The first kappa shape index (κ1) is 22.2. The second-order valence-electron chi connectivity index (χ2n) is 8.66. The van der Waals surface area contributed by atoms with Crippen molar-refractivity contribution in [3.8, 4) is 16.9 Å². The van der Waals surface area contributed by atoms with Crippen LogP contribution >= 0.6 is 0 Å². The van der Waals surface area contributed by atoms with Gasteiger partial charge in [-0.1, -0.05) is 48.5 Å². The van der Waals surface area contributed by atoms with Crippen LogP contribution in [0.2, 0.25) is 0 Å². The van der Waals surface area contributed by atoms with Crippen LogP contribution in [-0.2, 0) is 21.1 Å². The van der Waals surface area contributed by atoms with Crippen molar-refractivity contribution in [2.75, 3.05) is 12.8 Å². The lowest BCUT2D eigenvalue weighted by Crippen LogP contribution is -2.36. The number of rotatable bonds is 6. The molecule has 5 rings (SSSR count). The van der Waals surface area contributed by atoms with Gasteiger partial charge in [0.05, 0.1) is 23.9 Å². The number of sulfone groups is 1. The zero-order valence-electron chi connectivity index (χ0n) is 18.6. The van der Waals surface area contributed by atoms with Crippen LogP contribution in [0.25, 0.3) is 11.1 Å². The van der Waals surface area contributed by atoms with Gasteiger partial charge in [-0.05, 0) is 34.9 Å². The number of benzene rings is 3. The average molecular weight is 477 g/mol. The summed E-state index contributed by atoms with van der Waals surface area (Å²) >= 11 is 0. The molecule has 2 amide bonds. The van der Waals surface area contributed by atoms with Gasteiger partial charge in [0.15, 0.2) is 9.84 Å². The van der Waals surface area contributed by atoms with E-state index in [2.05, 4.69) is 10.6 Å². The molecule has 2 heterocycles. The van der Waals surface area contributed by atoms with Crippen molar-refractivity contribution in [1.29, 1.82) is 0 Å². The number of amides is 2. The first-order chi connectivity index (χ1) is 16.3. The summed E-state index contributed by atoms with van der Waals surface area (Å²) in [5.74, 6) is 0.448. The third-order valence-corrected chi connectivity index (χ3v) is 7.35. The van der Waals surface area contributed by atoms with Gasteiger partial charge in [-0.2, -0.15) is 0 Å². The predicted molar refractivity (Wildman–Crippen MR) is 127 cm³/mol. The third kappa shape index (κ3) is 4.28. The minimum Gasteiger partial charge on any atom is -0.487 e. The molecule has 0 saturated carbocycles. The molecule has 7 nitrogen and oxygen atoms in total. The van der Waals surface area contributed by atoms with Crippen LogP contribution < -0.4 is 15.4 Å². The van der Waals surface area contributed by atoms with E-state index >= 15 is 0 Å². The number of hydrogen-bond donors (Lipinski definition) is 2. The lowest BCUT2D eigenvalue weighted by molar-refractivity contribution is -0.121. The molecule has 0 bridgehead atoms. The third-order valence-electron chi connectivity index (χ3n) is 6.22. The molecule has 3 aromatic carbocycles. The minimum atomic E-state index is -3.26. The van der Waals surface area contributed by atoms with Gasteiger partial charge in [-0.3, -0.25) is 9.59 Å². The molecule has 0 fully saturated rings. The van der Waals surface area contributed by atoms with E-state index in [1.807, 2.05) is 36.4 Å². The largest absolute Gasteiger partial charge is 0.487 e. The second kappa shape index (κ2) is 8.61. The Bertz CT molecular complexity index is 1380. The van der Waals surface area contributed by atoms with E-state index in [1.165, 1.54) is 6.26 Å². The van der Waals surface area contributed by atoms with Crippen LogP contribution in [0.1, 0.15) is 33.9 Å². The quantitative estimate of drug-likeness (QED) is 0.570. The standard InChI is InChI=1S/C26H24N2O5S/c1-34(31,32)19-11-9-16(10-12-19)20-8-4-5-17-13-18(33-25(17)20)15-27-24(29)14-23-21-6-2-3-7-22(21)26(30)28-23/h2-12,18,23H,13-15H2,1H3,(H,27,29)(H,28,30)/t18-,23-/m1/s1. The zero-order chi connectivity index (χ0) is 23.9. The Hall–Kier alpha value is -3.65. The molecule has 0 unspecified atom stereocenters. The maximum atomic E-state index is 12.6. The molecule has 8 heteroatoms. The Morgan fingerprint density at radius 2 is 1.76 bits per heavy atom. The van der Waals surface area contributed by atoms with E-state index in [1.54, 1.807) is 30.3 Å². The van der Waals surface area contributed by atoms with Crippen molar-refractivity contribution in [1.82, 2.24) is 10.6 Å². The number of para-hydroxylation sites is 1. The highest BCUT2D eigenvalue weighted by atomic mass is 32.2. The van der Waals surface area contributed by atoms with E-state index in [4.69, 9.17) is 4.74 Å². The molecule has 2 N–H and O–H groups in total. The molecule has 0 aromatic heterocycles. The second-order valence-corrected chi connectivity index (χ2v) is 10.7. The maximum Gasteiger partial charge on any atom is 0.252 e. The predicted octanol–water partition coefficient (Wildman–Crippen LogP) is 3.05. The molecule has 2 atom stereocenters. The zero-order valence-corrected chi connectivity index (χ0v) is 19.4. The molecule has 0 saturated heterocycles. The fourth-order valence-electron chi connectivity index (χ4n) is 4.53. The number of fused-ring (bicyclic) bond motifs is 2. The monoisotopic (exact) mass is 476 g/mol. The molecule has 174 valence electrons. The van der Waals surface area contributed by atoms with E-state index in [9.17, 15) is 18.0 Å². The Labute approximate surface area is 198 Å². The molecule has 2 aliphatic heterocycles. The highest BCUT2D eigenvalue weighted by molar-refractivity contribution is 7.90. The van der Waals surface area contributed by atoms with Crippen molar-refractivity contribution >= 4 is 21.7 Å². The number of carbonyl (C=O) groups excluding carboxylic acids is 2. The van der Waals surface area contributed by atoms with Gasteiger partial charge >= 0.3 is 0 Å². The van der Waals surface area contributed by atoms with E-state index in [0.717, 1.165) is 28.0 Å². The van der Waals surface area contributed by atoms with Crippen molar-refractivity contribution < 1.29 is 22.7 Å². The summed E-state index contributed by atoms with van der Waals surface area (Å²) < 4.78 is 29.7. The summed E-state index contributed by atoms with van der Waals surface area (Å²) in [5, 5.41) is 5.80. The van der Waals surface area contributed by atoms with Gasteiger partial charge in [-0.15, -0.1) is 0 Å². The van der Waals surface area contributed by atoms with Crippen LogP contribution in [-0.4, -0.2) is 39.1 Å². The summed E-state index contributed by atoms with van der Waals surface area (Å²) in [6.45, 7) is 0.349. The molecule has 34 heavy (non-hydrogen) atoms. The van der Waals surface area contributed by atoms with Crippen LogP contribution in [0.3, 0.4) is 0 Å². The van der Waals surface area contributed by atoms with E-state index in [0.29, 0.717) is 18.5 Å².